The summed E-state index contributed by atoms with van der Waals surface area (Å²) in [6.07, 6.45) is 0.919. The molecule has 3 nitrogen and oxygen atoms in total. The number of nitrogens with one attached hydrogen (secondary N) is 1. The number of rotatable bonds is 1. The first-order chi connectivity index (χ1) is 6.64. The molecule has 0 saturated heterocycles. The van der Waals surface area contributed by atoms with Gasteiger partial charge in [0.25, 0.3) is 0 Å². The maximum atomic E-state index is 5.91. The van der Waals surface area contributed by atoms with E-state index in [4.69, 9.17) is 5.73 Å². The summed E-state index contributed by atoms with van der Waals surface area (Å²) in [6.45, 7) is 4.15. The number of aliphatic imine (C=N–C) groups is 1. The molecule has 82 valence electrons. The number of fused-ring (bicyclic) bond motifs is 1. The standard InChI is InChI=1S/C11H15N3.ClH/c1-3-11(2)13-9-7-5-4-6-8(9)10(12)14-11;/h4-7,13H,3H2,1-2H3,(H2,12,14);1H. The van der Waals surface area contributed by atoms with E-state index in [0.29, 0.717) is 5.84 Å². The summed E-state index contributed by atoms with van der Waals surface area (Å²) in [7, 11) is 0. The lowest BCUT2D eigenvalue weighted by Crippen LogP contribution is -2.39. The maximum absolute atomic E-state index is 5.91. The van der Waals surface area contributed by atoms with Crippen LogP contribution in [-0.2, 0) is 0 Å². The van der Waals surface area contributed by atoms with Crippen LogP contribution in [0.3, 0.4) is 0 Å². The topological polar surface area (TPSA) is 50.4 Å². The van der Waals surface area contributed by atoms with Gasteiger partial charge in [0, 0.05) is 11.3 Å². The number of benzene rings is 1. The molecule has 0 spiro atoms. The number of anilines is 1. The number of halogens is 1. The zero-order valence-corrected chi connectivity index (χ0v) is 9.77. The highest BCUT2D eigenvalue weighted by Gasteiger charge is 2.26. The fourth-order valence-electron chi connectivity index (χ4n) is 1.63. The van der Waals surface area contributed by atoms with Crippen LogP contribution in [0.5, 0.6) is 0 Å². The molecule has 0 saturated carbocycles. The Morgan fingerprint density at radius 2 is 2.07 bits per heavy atom. The van der Waals surface area contributed by atoms with E-state index in [1.54, 1.807) is 0 Å². The van der Waals surface area contributed by atoms with Gasteiger partial charge in [-0.3, -0.25) is 0 Å². The minimum absolute atomic E-state index is 0. The first-order valence-electron chi connectivity index (χ1n) is 4.87. The number of para-hydroxylation sites is 1. The third-order valence-corrected chi connectivity index (χ3v) is 2.66. The summed E-state index contributed by atoms with van der Waals surface area (Å²) in [5, 5.41) is 3.39. The van der Waals surface area contributed by atoms with E-state index in [1.807, 2.05) is 24.3 Å². The molecule has 1 atom stereocenters. The molecule has 0 fully saturated rings. The van der Waals surface area contributed by atoms with Gasteiger partial charge in [0.2, 0.25) is 0 Å². The molecule has 0 aliphatic carbocycles. The highest BCUT2D eigenvalue weighted by molar-refractivity contribution is 6.04. The fourth-order valence-corrected chi connectivity index (χ4v) is 1.63. The van der Waals surface area contributed by atoms with Crippen LogP contribution in [0.1, 0.15) is 25.8 Å². The Morgan fingerprint density at radius 1 is 1.40 bits per heavy atom. The van der Waals surface area contributed by atoms with E-state index >= 15 is 0 Å². The van der Waals surface area contributed by atoms with Crippen molar-refractivity contribution >= 4 is 23.9 Å². The smallest absolute Gasteiger partial charge is 0.130 e. The van der Waals surface area contributed by atoms with Crippen molar-refractivity contribution in [2.75, 3.05) is 5.32 Å². The van der Waals surface area contributed by atoms with Crippen molar-refractivity contribution in [3.8, 4) is 0 Å². The molecule has 1 aromatic carbocycles. The van der Waals surface area contributed by atoms with E-state index < -0.39 is 0 Å². The van der Waals surface area contributed by atoms with Gasteiger partial charge in [-0.1, -0.05) is 19.1 Å². The van der Waals surface area contributed by atoms with Crippen molar-refractivity contribution in [1.29, 1.82) is 0 Å². The molecular formula is C11H16ClN3. The predicted octanol–water partition coefficient (Wildman–Crippen LogP) is 2.37. The number of nitrogens with two attached hydrogens (primary N) is 1. The van der Waals surface area contributed by atoms with E-state index in [9.17, 15) is 0 Å². The minimum atomic E-state index is -0.252. The number of hydrogen-bond acceptors (Lipinski definition) is 3. The van der Waals surface area contributed by atoms with E-state index in [-0.39, 0.29) is 18.1 Å². The van der Waals surface area contributed by atoms with Gasteiger partial charge < -0.3 is 11.1 Å². The minimum Gasteiger partial charge on any atom is -0.383 e. The van der Waals surface area contributed by atoms with E-state index in [1.165, 1.54) is 0 Å². The number of amidine groups is 1. The Morgan fingerprint density at radius 3 is 2.73 bits per heavy atom. The monoisotopic (exact) mass is 225 g/mol. The average molecular weight is 226 g/mol. The quantitative estimate of drug-likeness (QED) is 0.771. The van der Waals surface area contributed by atoms with Gasteiger partial charge in [-0.05, 0) is 25.5 Å². The largest absolute Gasteiger partial charge is 0.383 e. The van der Waals surface area contributed by atoms with Crippen molar-refractivity contribution in [2.24, 2.45) is 10.7 Å². The highest BCUT2D eigenvalue weighted by atomic mass is 35.5. The summed E-state index contributed by atoms with van der Waals surface area (Å²) >= 11 is 0. The van der Waals surface area contributed by atoms with Gasteiger partial charge in [-0.2, -0.15) is 0 Å². The van der Waals surface area contributed by atoms with Crippen LogP contribution in [0.2, 0.25) is 0 Å². The molecule has 1 unspecified atom stereocenters. The first-order valence-corrected chi connectivity index (χ1v) is 4.87. The molecule has 1 aliphatic heterocycles. The van der Waals surface area contributed by atoms with Crippen molar-refractivity contribution < 1.29 is 0 Å². The summed E-state index contributed by atoms with van der Waals surface area (Å²) < 4.78 is 0. The Balaban J connectivity index is 0.00000112. The molecule has 0 aromatic heterocycles. The van der Waals surface area contributed by atoms with Gasteiger partial charge in [0.15, 0.2) is 0 Å². The van der Waals surface area contributed by atoms with Gasteiger partial charge in [-0.15, -0.1) is 12.4 Å². The summed E-state index contributed by atoms with van der Waals surface area (Å²) in [4.78, 5) is 4.46. The third-order valence-electron chi connectivity index (χ3n) is 2.66. The van der Waals surface area contributed by atoms with Gasteiger partial charge in [-0.25, -0.2) is 4.99 Å². The Labute approximate surface area is 96.2 Å². The molecule has 15 heavy (non-hydrogen) atoms. The highest BCUT2D eigenvalue weighted by Crippen LogP contribution is 2.27. The zero-order valence-electron chi connectivity index (χ0n) is 8.95. The van der Waals surface area contributed by atoms with Gasteiger partial charge in [0.1, 0.15) is 11.5 Å². The number of hydrogen-bond donors (Lipinski definition) is 2. The summed E-state index contributed by atoms with van der Waals surface area (Å²) in [5.74, 6) is 0.628. The van der Waals surface area contributed by atoms with Crippen LogP contribution >= 0.6 is 12.4 Å². The second-order valence-corrected chi connectivity index (χ2v) is 3.80. The molecular weight excluding hydrogens is 210 g/mol. The second kappa shape index (κ2) is 4.11. The lowest BCUT2D eigenvalue weighted by molar-refractivity contribution is 0.516. The molecule has 0 bridgehead atoms. The van der Waals surface area contributed by atoms with Crippen LogP contribution in [0, 0.1) is 0 Å². The molecule has 0 radical (unpaired) electrons. The number of nitrogens with zero attached hydrogens (tertiary/aromatic N) is 1. The fraction of sp³-hybridized carbons (Fsp3) is 0.364. The van der Waals surface area contributed by atoms with Crippen molar-refractivity contribution in [3.05, 3.63) is 29.8 Å². The van der Waals surface area contributed by atoms with E-state index in [0.717, 1.165) is 17.7 Å². The van der Waals surface area contributed by atoms with Crippen LogP contribution in [0.15, 0.2) is 29.3 Å². The normalized spacial score (nSPS) is 23.2. The van der Waals surface area contributed by atoms with Crippen molar-refractivity contribution in [1.82, 2.24) is 0 Å². The molecule has 2 rings (SSSR count). The lowest BCUT2D eigenvalue weighted by Gasteiger charge is -2.32. The van der Waals surface area contributed by atoms with Crippen LogP contribution in [-0.4, -0.2) is 11.5 Å². The summed E-state index contributed by atoms with van der Waals surface area (Å²) in [6, 6.07) is 7.99. The molecule has 3 N–H and O–H groups in total. The van der Waals surface area contributed by atoms with Crippen molar-refractivity contribution in [2.45, 2.75) is 25.9 Å². The van der Waals surface area contributed by atoms with Gasteiger partial charge >= 0.3 is 0 Å². The lowest BCUT2D eigenvalue weighted by atomic mass is 10.0. The zero-order chi connectivity index (χ0) is 10.2. The summed E-state index contributed by atoms with van der Waals surface area (Å²) in [5.41, 5.74) is 7.73. The van der Waals surface area contributed by atoms with Crippen LogP contribution in [0.25, 0.3) is 0 Å². The average Bonchev–Trinajstić information content (AvgIpc) is 2.18. The van der Waals surface area contributed by atoms with Gasteiger partial charge in [0.05, 0.1) is 0 Å². The van der Waals surface area contributed by atoms with Crippen LogP contribution in [0.4, 0.5) is 5.69 Å². The first kappa shape index (κ1) is 11.9. The maximum Gasteiger partial charge on any atom is 0.130 e. The molecule has 4 heteroatoms. The SMILES string of the molecule is CCC1(C)N=C(N)c2ccccc2N1.Cl. The molecule has 1 heterocycles. The van der Waals surface area contributed by atoms with Crippen molar-refractivity contribution in [3.63, 3.8) is 0 Å². The molecule has 1 aromatic rings. The predicted molar refractivity (Wildman–Crippen MR) is 66.7 cm³/mol. The Bertz CT molecular complexity index is 389. The Hall–Kier alpha value is -1.22. The molecule has 0 amide bonds. The Kier molecular flexibility index (Phi) is 3.25. The van der Waals surface area contributed by atoms with Crippen LogP contribution < -0.4 is 11.1 Å². The van der Waals surface area contributed by atoms with E-state index in [2.05, 4.69) is 24.2 Å². The third kappa shape index (κ3) is 2.07. The molecule has 1 aliphatic rings. The second-order valence-electron chi connectivity index (χ2n) is 3.80.